The maximum atomic E-state index is 13.3. The minimum Gasteiger partial charge on any atom is -0.356 e. The Balaban J connectivity index is 1.26. The Hall–Kier alpha value is -5.46. The molecule has 1 amide bonds. The first kappa shape index (κ1) is 29.0. The van der Waals surface area contributed by atoms with Gasteiger partial charge in [0.15, 0.2) is 5.78 Å². The number of benzene rings is 3. The third kappa shape index (κ3) is 7.07. The van der Waals surface area contributed by atoms with Crippen LogP contribution in [0.4, 0.5) is 0 Å². The van der Waals surface area contributed by atoms with Crippen molar-refractivity contribution in [3.8, 4) is 22.5 Å². The quantitative estimate of drug-likeness (QED) is 0.0838. The number of nitrogens with zero attached hydrogens (tertiary/aromatic N) is 6. The number of aromatic nitrogens is 6. The van der Waals surface area contributed by atoms with Crippen molar-refractivity contribution in [1.29, 1.82) is 0 Å². The minimum atomic E-state index is -0.838. The van der Waals surface area contributed by atoms with Crippen LogP contribution in [0.5, 0.6) is 0 Å². The Bertz CT molecular complexity index is 1730. The van der Waals surface area contributed by atoms with E-state index >= 15 is 0 Å². The van der Waals surface area contributed by atoms with Gasteiger partial charge in [0, 0.05) is 37.1 Å². The van der Waals surface area contributed by atoms with Crippen LogP contribution in [0.25, 0.3) is 33.5 Å². The van der Waals surface area contributed by atoms with Crippen LogP contribution in [0.2, 0.25) is 0 Å². The van der Waals surface area contributed by atoms with Crippen molar-refractivity contribution >= 4 is 22.7 Å². The molecule has 0 radical (unpaired) electrons. The van der Waals surface area contributed by atoms with Crippen LogP contribution < -0.4 is 5.32 Å². The molecule has 0 atom stereocenters. The molecule has 0 bridgehead atoms. The average molecular weight is 583 g/mol. The van der Waals surface area contributed by atoms with E-state index in [1.165, 1.54) is 0 Å². The molecule has 2 N–H and O–H groups in total. The second kappa shape index (κ2) is 13.5. The molecule has 0 aliphatic carbocycles. The summed E-state index contributed by atoms with van der Waals surface area (Å²) in [5.41, 5.74) is 5.88. The van der Waals surface area contributed by atoms with Crippen molar-refractivity contribution in [2.24, 2.45) is 0 Å². The largest absolute Gasteiger partial charge is 0.356 e. The third-order valence-corrected chi connectivity index (χ3v) is 7.05. The average Bonchev–Trinajstić information content (AvgIpc) is 3.66. The molecule has 0 aliphatic heterocycles. The van der Waals surface area contributed by atoms with Crippen molar-refractivity contribution in [2.45, 2.75) is 39.2 Å². The molecule has 43 heavy (non-hydrogen) atoms. The number of tetrazole rings is 1. The van der Waals surface area contributed by atoms with Gasteiger partial charge < -0.3 is 14.7 Å². The number of aryl methyl sites for hydroxylation is 1. The minimum absolute atomic E-state index is 0.0158. The molecule has 0 spiro atoms. The lowest BCUT2D eigenvalue weighted by molar-refractivity contribution is -0.757. The highest BCUT2D eigenvalue weighted by Gasteiger charge is 2.18. The summed E-state index contributed by atoms with van der Waals surface area (Å²) in [5.74, 6) is 0.909. The van der Waals surface area contributed by atoms with Crippen molar-refractivity contribution in [1.82, 2.24) is 35.5 Å². The summed E-state index contributed by atoms with van der Waals surface area (Å²) in [7, 11) is 0. The lowest BCUT2D eigenvalue weighted by Crippen LogP contribution is -2.25. The van der Waals surface area contributed by atoms with Gasteiger partial charge in [0.1, 0.15) is 5.82 Å². The molecule has 13 nitrogen and oxygen atoms in total. The number of unbranched alkanes of at least 4 members (excludes halogenated alkanes) is 1. The Morgan fingerprint density at radius 1 is 1.00 bits per heavy atom. The second-order valence-electron chi connectivity index (χ2n) is 9.93. The van der Waals surface area contributed by atoms with Crippen LogP contribution in [0.1, 0.15) is 47.4 Å². The van der Waals surface area contributed by atoms with Gasteiger partial charge in [0.2, 0.25) is 11.7 Å². The standard InChI is InChI=1S/C30H30N8O5/c1-20-32-26-10-6-9-25(27(39)15-16-28(40)31-17-4-5-18-43-38(41)42)29(26)37(20)19-21-11-13-22(14-12-21)23-7-2-3-8-24(23)30-33-35-36-34-30/h2-3,6-14H,4-5,15-19H2,1H3,(H,31,40)(H,33,34,35,36). The molecule has 5 rings (SSSR count). The number of rotatable bonds is 14. The highest BCUT2D eigenvalue weighted by Crippen LogP contribution is 2.30. The molecule has 0 fully saturated rings. The van der Waals surface area contributed by atoms with Crippen molar-refractivity contribution in [3.63, 3.8) is 0 Å². The van der Waals surface area contributed by atoms with Crippen LogP contribution in [0, 0.1) is 17.0 Å². The number of fused-ring (bicyclic) bond motifs is 1. The second-order valence-corrected chi connectivity index (χ2v) is 9.93. The summed E-state index contributed by atoms with van der Waals surface area (Å²) >= 11 is 0. The molecule has 0 aliphatic rings. The van der Waals surface area contributed by atoms with E-state index in [4.69, 9.17) is 0 Å². The fourth-order valence-corrected chi connectivity index (χ4v) is 4.94. The Morgan fingerprint density at radius 3 is 2.53 bits per heavy atom. The summed E-state index contributed by atoms with van der Waals surface area (Å²) in [6, 6.07) is 21.5. The number of ketones is 1. The number of hydrogen-bond acceptors (Lipinski definition) is 9. The molecule has 13 heteroatoms. The van der Waals surface area contributed by atoms with Crippen LogP contribution >= 0.6 is 0 Å². The molecular weight excluding hydrogens is 552 g/mol. The van der Waals surface area contributed by atoms with Gasteiger partial charge in [-0.05, 0) is 53.8 Å². The molecule has 0 unspecified atom stereocenters. The van der Waals surface area contributed by atoms with Crippen LogP contribution in [0.3, 0.4) is 0 Å². The lowest BCUT2D eigenvalue weighted by Gasteiger charge is -2.12. The molecule has 0 saturated carbocycles. The first-order chi connectivity index (χ1) is 20.9. The molecule has 220 valence electrons. The number of imidazole rings is 1. The summed E-state index contributed by atoms with van der Waals surface area (Å²) < 4.78 is 2.03. The fraction of sp³-hybridized carbons (Fsp3) is 0.267. The number of H-pyrrole nitrogens is 1. The van der Waals surface area contributed by atoms with E-state index in [0.717, 1.165) is 39.1 Å². The predicted molar refractivity (Wildman–Crippen MR) is 157 cm³/mol. The van der Waals surface area contributed by atoms with E-state index in [0.29, 0.717) is 37.3 Å². The van der Waals surface area contributed by atoms with Gasteiger partial charge in [0.05, 0.1) is 17.6 Å². The van der Waals surface area contributed by atoms with Gasteiger partial charge in [0.25, 0.3) is 5.09 Å². The van der Waals surface area contributed by atoms with E-state index < -0.39 is 5.09 Å². The van der Waals surface area contributed by atoms with Gasteiger partial charge in [-0.3, -0.25) is 9.59 Å². The highest BCUT2D eigenvalue weighted by molar-refractivity contribution is 6.07. The number of carbonyl (C=O) groups is 2. The van der Waals surface area contributed by atoms with Crippen LogP contribution in [-0.4, -0.2) is 60.1 Å². The van der Waals surface area contributed by atoms with E-state index in [-0.39, 0.29) is 31.1 Å². The topological polar surface area (TPSA) is 171 Å². The van der Waals surface area contributed by atoms with Crippen molar-refractivity contribution < 1.29 is 19.5 Å². The van der Waals surface area contributed by atoms with Crippen molar-refractivity contribution in [3.05, 3.63) is 93.8 Å². The van der Waals surface area contributed by atoms with Gasteiger partial charge in [-0.25, -0.2) is 4.98 Å². The fourth-order valence-electron chi connectivity index (χ4n) is 4.94. The summed E-state index contributed by atoms with van der Waals surface area (Å²) in [6.45, 7) is 2.77. The smallest absolute Gasteiger partial charge is 0.294 e. The van der Waals surface area contributed by atoms with Gasteiger partial charge in [-0.1, -0.05) is 54.6 Å². The number of Topliss-reactive ketones (excluding diaryl/α,β-unsaturated/α-hetero) is 1. The molecule has 5 aromatic rings. The van der Waals surface area contributed by atoms with Crippen LogP contribution in [0.15, 0.2) is 66.7 Å². The molecule has 2 heterocycles. The van der Waals surface area contributed by atoms with E-state index in [1.807, 2.05) is 66.1 Å². The molecular formula is C30H30N8O5. The first-order valence-electron chi connectivity index (χ1n) is 13.9. The number of carbonyl (C=O) groups excluding carboxylic acids is 2. The normalized spacial score (nSPS) is 11.0. The number of nitrogens with one attached hydrogen (secondary N) is 2. The Labute approximate surface area is 246 Å². The summed E-state index contributed by atoms with van der Waals surface area (Å²) in [6.07, 6.45) is 1.08. The zero-order chi connectivity index (χ0) is 30.2. The monoisotopic (exact) mass is 582 g/mol. The zero-order valence-electron chi connectivity index (χ0n) is 23.5. The number of amides is 1. The lowest BCUT2D eigenvalue weighted by atomic mass is 9.98. The third-order valence-electron chi connectivity index (χ3n) is 7.05. The van der Waals surface area contributed by atoms with Gasteiger partial charge >= 0.3 is 0 Å². The van der Waals surface area contributed by atoms with E-state index in [1.54, 1.807) is 12.1 Å². The van der Waals surface area contributed by atoms with Crippen molar-refractivity contribution in [2.75, 3.05) is 13.2 Å². The van der Waals surface area contributed by atoms with E-state index in [2.05, 4.69) is 35.8 Å². The number of aromatic amines is 1. The van der Waals surface area contributed by atoms with Crippen LogP contribution in [-0.2, 0) is 16.2 Å². The zero-order valence-corrected chi connectivity index (χ0v) is 23.5. The predicted octanol–water partition coefficient (Wildman–Crippen LogP) is 4.31. The molecule has 2 aromatic heterocycles. The first-order valence-corrected chi connectivity index (χ1v) is 13.9. The summed E-state index contributed by atoms with van der Waals surface area (Å²) in [5, 5.41) is 26.5. The number of hydrogen-bond donors (Lipinski definition) is 2. The summed E-state index contributed by atoms with van der Waals surface area (Å²) in [4.78, 5) is 44.7. The SMILES string of the molecule is Cc1nc2cccc(C(=O)CCC(=O)NCCCCO[N+](=O)[O-])c2n1Cc1ccc(-c2ccccc2-c2nn[nH]n2)cc1. The number of para-hydroxylation sites is 1. The van der Waals surface area contributed by atoms with E-state index in [9.17, 15) is 19.7 Å². The Kier molecular flexibility index (Phi) is 9.10. The highest BCUT2D eigenvalue weighted by atomic mass is 16.9. The Morgan fingerprint density at radius 2 is 1.79 bits per heavy atom. The molecule has 0 saturated heterocycles. The van der Waals surface area contributed by atoms with Gasteiger partial charge in [-0.2, -0.15) is 5.21 Å². The van der Waals surface area contributed by atoms with Gasteiger partial charge in [-0.15, -0.1) is 20.3 Å². The molecule has 3 aromatic carbocycles. The maximum absolute atomic E-state index is 13.3. The maximum Gasteiger partial charge on any atom is 0.294 e.